The number of fused-ring (bicyclic) bond motifs is 1. The number of aromatic nitrogens is 1. The number of aliphatic hydroxyl groups excluding tert-OH is 1. The van der Waals surface area contributed by atoms with E-state index >= 15 is 0 Å². The number of aliphatic hydroxyl groups is 1. The molecular formula is C24H28FN5O3. The number of aliphatic imine (C=N–C) groups is 1. The lowest BCUT2D eigenvalue weighted by Gasteiger charge is -2.18. The van der Waals surface area contributed by atoms with E-state index in [4.69, 9.17) is 10.5 Å². The molecule has 3 rings (SSSR count). The second kappa shape index (κ2) is 10.8. The summed E-state index contributed by atoms with van der Waals surface area (Å²) in [5.74, 6) is 0.421. The number of rotatable bonds is 8. The minimum atomic E-state index is -0.773. The van der Waals surface area contributed by atoms with Gasteiger partial charge in [0.1, 0.15) is 11.7 Å². The molecule has 9 heteroatoms. The standard InChI is InChI=1S/C24H28FN5O3/c1-14(26)8-22(27-2)30-23-11-18-9-16(4-5-17(18)12-28-23)24(32)29-20(13-31)15-6-7-21(33-3)19(25)10-15/h4-7,9-12,14,20,31H,8,13,26H2,1-3H3,(H,29,32)(H,27,28,30). The Bertz CT molecular complexity index is 1170. The number of hydrogen-bond acceptors (Lipinski definition) is 6. The molecule has 5 N–H and O–H groups in total. The van der Waals surface area contributed by atoms with Crippen molar-refractivity contribution in [2.75, 3.05) is 26.1 Å². The first-order valence-electron chi connectivity index (χ1n) is 10.5. The Morgan fingerprint density at radius 1 is 1.24 bits per heavy atom. The molecule has 33 heavy (non-hydrogen) atoms. The van der Waals surface area contributed by atoms with Crippen LogP contribution in [0.15, 0.2) is 53.7 Å². The molecule has 2 atom stereocenters. The highest BCUT2D eigenvalue weighted by molar-refractivity contribution is 6.00. The van der Waals surface area contributed by atoms with Gasteiger partial charge in [0, 0.05) is 36.7 Å². The topological polar surface area (TPSA) is 122 Å². The van der Waals surface area contributed by atoms with Crippen LogP contribution in [0.1, 0.15) is 35.3 Å². The SMILES string of the molecule is CN=C(CC(C)N)Nc1cc2cc(C(=O)NC(CO)c3ccc(OC)c(F)c3)ccc2cn1. The summed E-state index contributed by atoms with van der Waals surface area (Å²) < 4.78 is 19.0. The zero-order chi connectivity index (χ0) is 24.0. The molecule has 0 fully saturated rings. The van der Waals surface area contributed by atoms with Crippen LogP contribution in [0.5, 0.6) is 5.75 Å². The van der Waals surface area contributed by atoms with E-state index in [1.165, 1.54) is 19.2 Å². The van der Waals surface area contributed by atoms with Crippen LogP contribution in [0, 0.1) is 5.82 Å². The number of hydrogen-bond donors (Lipinski definition) is 4. The first-order chi connectivity index (χ1) is 15.8. The molecule has 0 aliphatic carbocycles. The van der Waals surface area contributed by atoms with Gasteiger partial charge in [-0.3, -0.25) is 9.79 Å². The maximum absolute atomic E-state index is 14.1. The number of pyridine rings is 1. The molecule has 1 amide bonds. The van der Waals surface area contributed by atoms with Crippen LogP contribution >= 0.6 is 0 Å². The van der Waals surface area contributed by atoms with Crippen molar-refractivity contribution in [2.24, 2.45) is 10.7 Å². The first kappa shape index (κ1) is 24.1. The van der Waals surface area contributed by atoms with Gasteiger partial charge in [-0.1, -0.05) is 12.1 Å². The third-order valence-corrected chi connectivity index (χ3v) is 5.11. The van der Waals surface area contributed by atoms with E-state index in [9.17, 15) is 14.3 Å². The zero-order valence-electron chi connectivity index (χ0n) is 18.8. The van der Waals surface area contributed by atoms with Gasteiger partial charge in [-0.15, -0.1) is 0 Å². The molecule has 0 aliphatic rings. The Labute approximate surface area is 191 Å². The van der Waals surface area contributed by atoms with Crippen molar-refractivity contribution in [2.45, 2.75) is 25.4 Å². The number of anilines is 1. The van der Waals surface area contributed by atoms with Gasteiger partial charge in [0.25, 0.3) is 5.91 Å². The van der Waals surface area contributed by atoms with Gasteiger partial charge in [0.05, 0.1) is 19.8 Å². The number of benzene rings is 2. The summed E-state index contributed by atoms with van der Waals surface area (Å²) in [7, 11) is 3.05. The molecule has 8 nitrogen and oxygen atoms in total. The lowest BCUT2D eigenvalue weighted by molar-refractivity contribution is 0.0916. The molecule has 2 aromatic carbocycles. The molecule has 0 radical (unpaired) electrons. The number of methoxy groups -OCH3 is 1. The van der Waals surface area contributed by atoms with Crippen LogP contribution in [-0.2, 0) is 0 Å². The Kier molecular flexibility index (Phi) is 7.92. The van der Waals surface area contributed by atoms with Gasteiger partial charge in [-0.05, 0) is 48.2 Å². The highest BCUT2D eigenvalue weighted by atomic mass is 19.1. The number of halogens is 1. The minimum Gasteiger partial charge on any atom is -0.494 e. The first-order valence-corrected chi connectivity index (χ1v) is 10.5. The van der Waals surface area contributed by atoms with Crippen molar-refractivity contribution in [3.63, 3.8) is 0 Å². The van der Waals surface area contributed by atoms with Crippen LogP contribution in [0.4, 0.5) is 10.2 Å². The average molecular weight is 454 g/mol. The molecule has 1 aromatic heterocycles. The summed E-state index contributed by atoms with van der Waals surface area (Å²) in [6, 6.07) is 10.5. The van der Waals surface area contributed by atoms with Crippen molar-refractivity contribution in [3.05, 3.63) is 65.6 Å². The third-order valence-electron chi connectivity index (χ3n) is 5.11. The van der Waals surface area contributed by atoms with E-state index in [-0.39, 0.29) is 18.4 Å². The van der Waals surface area contributed by atoms with Gasteiger partial charge in [0.15, 0.2) is 11.6 Å². The molecule has 3 aromatic rings. The summed E-state index contributed by atoms with van der Waals surface area (Å²) in [6.07, 6.45) is 2.28. The van der Waals surface area contributed by atoms with Gasteiger partial charge in [0.2, 0.25) is 0 Å². The lowest BCUT2D eigenvalue weighted by atomic mass is 10.0. The molecule has 0 aliphatic heterocycles. The minimum absolute atomic E-state index is 0.0504. The van der Waals surface area contributed by atoms with E-state index in [2.05, 4.69) is 20.6 Å². The highest BCUT2D eigenvalue weighted by Gasteiger charge is 2.17. The molecular weight excluding hydrogens is 425 g/mol. The van der Waals surface area contributed by atoms with E-state index < -0.39 is 17.8 Å². The van der Waals surface area contributed by atoms with Crippen molar-refractivity contribution >= 4 is 28.3 Å². The van der Waals surface area contributed by atoms with E-state index in [0.717, 1.165) is 10.8 Å². The second-order valence-corrected chi connectivity index (χ2v) is 7.71. The summed E-state index contributed by atoms with van der Waals surface area (Å²) in [4.78, 5) is 21.5. The van der Waals surface area contributed by atoms with E-state index in [0.29, 0.717) is 29.2 Å². The Balaban J connectivity index is 1.80. The van der Waals surface area contributed by atoms with Crippen LogP contribution in [0.2, 0.25) is 0 Å². The predicted octanol–water partition coefficient (Wildman–Crippen LogP) is 3.02. The monoisotopic (exact) mass is 453 g/mol. The quantitative estimate of drug-likeness (QED) is 0.307. The number of amidine groups is 1. The summed E-state index contributed by atoms with van der Waals surface area (Å²) in [6.45, 7) is 1.51. The number of carbonyl (C=O) groups excluding carboxylic acids is 1. The summed E-state index contributed by atoms with van der Waals surface area (Å²) in [5.41, 5.74) is 6.68. The van der Waals surface area contributed by atoms with E-state index in [1.54, 1.807) is 37.5 Å². The van der Waals surface area contributed by atoms with E-state index in [1.807, 2.05) is 13.0 Å². The molecule has 0 saturated heterocycles. The van der Waals surface area contributed by atoms with Crippen molar-refractivity contribution in [1.29, 1.82) is 0 Å². The number of carbonyl (C=O) groups is 1. The number of ether oxygens (including phenoxy) is 1. The normalized spacial score (nSPS) is 13.5. The Hall–Kier alpha value is -3.56. The van der Waals surface area contributed by atoms with Crippen LogP contribution < -0.4 is 21.1 Å². The fraction of sp³-hybridized carbons (Fsp3) is 0.292. The fourth-order valence-electron chi connectivity index (χ4n) is 3.38. The van der Waals surface area contributed by atoms with Crippen LogP contribution in [0.25, 0.3) is 10.8 Å². The second-order valence-electron chi connectivity index (χ2n) is 7.71. The molecule has 174 valence electrons. The Morgan fingerprint density at radius 3 is 2.67 bits per heavy atom. The van der Waals surface area contributed by atoms with Gasteiger partial charge >= 0.3 is 0 Å². The lowest BCUT2D eigenvalue weighted by Crippen LogP contribution is -2.30. The maximum atomic E-state index is 14.1. The number of nitrogens with zero attached hydrogens (tertiary/aromatic N) is 2. The van der Waals surface area contributed by atoms with Crippen molar-refractivity contribution in [1.82, 2.24) is 10.3 Å². The highest BCUT2D eigenvalue weighted by Crippen LogP contribution is 2.23. The molecule has 1 heterocycles. The molecule has 0 spiro atoms. The molecule has 2 unspecified atom stereocenters. The Morgan fingerprint density at radius 2 is 2.03 bits per heavy atom. The van der Waals surface area contributed by atoms with Crippen molar-refractivity contribution in [3.8, 4) is 5.75 Å². The number of amides is 1. The largest absolute Gasteiger partial charge is 0.494 e. The smallest absolute Gasteiger partial charge is 0.251 e. The van der Waals surface area contributed by atoms with Crippen LogP contribution in [-0.4, -0.2) is 48.6 Å². The molecule has 0 saturated carbocycles. The van der Waals surface area contributed by atoms with Crippen LogP contribution in [0.3, 0.4) is 0 Å². The van der Waals surface area contributed by atoms with Gasteiger partial charge < -0.3 is 26.2 Å². The van der Waals surface area contributed by atoms with Gasteiger partial charge in [-0.2, -0.15) is 0 Å². The summed E-state index contributed by atoms with van der Waals surface area (Å²) >= 11 is 0. The summed E-state index contributed by atoms with van der Waals surface area (Å²) in [5, 5.41) is 17.3. The zero-order valence-corrected chi connectivity index (χ0v) is 18.8. The van der Waals surface area contributed by atoms with Crippen molar-refractivity contribution < 1.29 is 19.0 Å². The number of nitrogens with two attached hydrogens (primary N) is 1. The predicted molar refractivity (Wildman–Crippen MR) is 127 cm³/mol. The number of nitrogens with one attached hydrogen (secondary N) is 2. The third kappa shape index (κ3) is 6.03. The maximum Gasteiger partial charge on any atom is 0.251 e. The average Bonchev–Trinajstić information content (AvgIpc) is 2.81. The van der Waals surface area contributed by atoms with Gasteiger partial charge in [-0.25, -0.2) is 9.37 Å². The molecule has 0 bridgehead atoms. The fourth-order valence-corrected chi connectivity index (χ4v) is 3.38.